The van der Waals surface area contributed by atoms with E-state index in [9.17, 15) is 4.79 Å². The third-order valence-electron chi connectivity index (χ3n) is 5.52. The first-order valence-electron chi connectivity index (χ1n) is 9.52. The monoisotopic (exact) mass is 324 g/mol. The van der Waals surface area contributed by atoms with E-state index in [-0.39, 0.29) is 11.9 Å². The van der Waals surface area contributed by atoms with Crippen molar-refractivity contribution in [3.63, 3.8) is 0 Å². The molecule has 1 amide bonds. The lowest BCUT2D eigenvalue weighted by molar-refractivity contribution is -0.123. The number of rotatable bonds is 7. The molecule has 1 atom stereocenters. The Morgan fingerprint density at radius 1 is 1.22 bits per heavy atom. The molecular formula is C19H36N2O2. The molecular weight excluding hydrogens is 288 g/mol. The topological polar surface area (TPSA) is 41.6 Å². The molecule has 4 nitrogen and oxygen atoms in total. The second-order valence-electron chi connectivity index (χ2n) is 8.32. The zero-order chi connectivity index (χ0) is 16.9. The van der Waals surface area contributed by atoms with Crippen molar-refractivity contribution in [2.45, 2.75) is 78.4 Å². The van der Waals surface area contributed by atoms with Gasteiger partial charge in [0.05, 0.1) is 12.6 Å². The van der Waals surface area contributed by atoms with Crippen LogP contribution in [0.5, 0.6) is 0 Å². The van der Waals surface area contributed by atoms with Gasteiger partial charge < -0.3 is 10.1 Å². The molecule has 2 rings (SSSR count). The average molecular weight is 325 g/mol. The van der Waals surface area contributed by atoms with Gasteiger partial charge in [0.1, 0.15) is 0 Å². The highest BCUT2D eigenvalue weighted by Gasteiger charge is 2.41. The second kappa shape index (κ2) is 8.48. The van der Waals surface area contributed by atoms with Crippen LogP contribution in [-0.2, 0) is 9.53 Å². The van der Waals surface area contributed by atoms with E-state index in [2.05, 4.69) is 24.1 Å². The molecule has 0 radical (unpaired) electrons. The molecule has 1 aliphatic carbocycles. The molecule has 1 saturated heterocycles. The van der Waals surface area contributed by atoms with E-state index in [0.717, 1.165) is 25.6 Å². The summed E-state index contributed by atoms with van der Waals surface area (Å²) >= 11 is 0. The molecule has 23 heavy (non-hydrogen) atoms. The van der Waals surface area contributed by atoms with Gasteiger partial charge in [-0.25, -0.2) is 0 Å². The quantitative estimate of drug-likeness (QED) is 0.782. The minimum atomic E-state index is 0.172. The number of hydrogen-bond acceptors (Lipinski definition) is 3. The molecule has 2 aliphatic rings. The van der Waals surface area contributed by atoms with Crippen LogP contribution >= 0.6 is 0 Å². The number of carbonyl (C=O) groups excluding carboxylic acids is 1. The molecule has 1 aliphatic heterocycles. The first kappa shape index (κ1) is 18.7. The van der Waals surface area contributed by atoms with Gasteiger partial charge in [0.15, 0.2) is 0 Å². The largest absolute Gasteiger partial charge is 0.379 e. The Balaban J connectivity index is 1.69. The highest BCUT2D eigenvalue weighted by atomic mass is 16.5. The number of likely N-dealkylation sites (tertiary alicyclic amines) is 1. The molecule has 0 aromatic rings. The van der Waals surface area contributed by atoms with Crippen LogP contribution in [0.4, 0.5) is 0 Å². The van der Waals surface area contributed by atoms with Crippen LogP contribution in [0.1, 0.15) is 66.2 Å². The van der Waals surface area contributed by atoms with Gasteiger partial charge >= 0.3 is 0 Å². The summed E-state index contributed by atoms with van der Waals surface area (Å²) in [6.45, 7) is 11.9. The summed E-state index contributed by atoms with van der Waals surface area (Å²) < 4.78 is 5.72. The van der Waals surface area contributed by atoms with Crippen LogP contribution in [-0.4, -0.2) is 49.2 Å². The summed E-state index contributed by atoms with van der Waals surface area (Å²) in [5.74, 6) is 1.02. The fourth-order valence-electron chi connectivity index (χ4n) is 4.25. The average Bonchev–Trinajstić information content (AvgIpc) is 2.84. The maximum Gasteiger partial charge on any atom is 0.234 e. The van der Waals surface area contributed by atoms with Crippen LogP contribution < -0.4 is 5.32 Å². The van der Waals surface area contributed by atoms with Crippen molar-refractivity contribution in [2.75, 3.05) is 26.2 Å². The summed E-state index contributed by atoms with van der Waals surface area (Å²) in [5.41, 5.74) is 0.563. The van der Waals surface area contributed by atoms with E-state index in [0.29, 0.717) is 18.1 Å². The van der Waals surface area contributed by atoms with Crippen LogP contribution in [0.25, 0.3) is 0 Å². The van der Waals surface area contributed by atoms with Gasteiger partial charge in [0.2, 0.25) is 5.91 Å². The molecule has 0 aromatic heterocycles. The third kappa shape index (κ3) is 6.07. The van der Waals surface area contributed by atoms with E-state index in [1.807, 2.05) is 13.8 Å². The van der Waals surface area contributed by atoms with Gasteiger partial charge in [-0.3, -0.25) is 9.69 Å². The lowest BCUT2D eigenvalue weighted by Gasteiger charge is -2.39. The molecule has 2 fully saturated rings. The number of amides is 1. The Hall–Kier alpha value is -0.610. The van der Waals surface area contributed by atoms with E-state index in [1.165, 1.54) is 38.5 Å². The first-order valence-corrected chi connectivity index (χ1v) is 9.52. The van der Waals surface area contributed by atoms with Crippen LogP contribution in [0, 0.1) is 11.3 Å². The summed E-state index contributed by atoms with van der Waals surface area (Å²) in [7, 11) is 0. The van der Waals surface area contributed by atoms with Crippen molar-refractivity contribution in [1.82, 2.24) is 10.2 Å². The molecule has 1 spiro atoms. The van der Waals surface area contributed by atoms with Gasteiger partial charge in [-0.1, -0.05) is 0 Å². The SMILES string of the molecule is CC(C)NC(=O)CN1CCC2(CC[C@@H](CCOC(C)C)C2)CC1. The predicted octanol–water partition coefficient (Wildman–Crippen LogP) is 3.21. The van der Waals surface area contributed by atoms with Gasteiger partial charge in [0, 0.05) is 12.6 Å². The summed E-state index contributed by atoms with van der Waals surface area (Å²) in [5, 5.41) is 3.00. The Morgan fingerprint density at radius 3 is 2.52 bits per heavy atom. The molecule has 1 saturated carbocycles. The van der Waals surface area contributed by atoms with Gasteiger partial charge in [0.25, 0.3) is 0 Å². The Kier molecular flexibility index (Phi) is 6.90. The molecule has 0 unspecified atom stereocenters. The molecule has 0 aromatic carbocycles. The normalized spacial score (nSPS) is 24.7. The smallest absolute Gasteiger partial charge is 0.234 e. The zero-order valence-corrected chi connectivity index (χ0v) is 15.6. The maximum atomic E-state index is 11.9. The summed E-state index contributed by atoms with van der Waals surface area (Å²) in [4.78, 5) is 14.2. The van der Waals surface area contributed by atoms with E-state index in [1.54, 1.807) is 0 Å². The number of ether oxygens (including phenoxy) is 1. The number of nitrogens with zero attached hydrogens (tertiary/aromatic N) is 1. The fourth-order valence-corrected chi connectivity index (χ4v) is 4.25. The zero-order valence-electron chi connectivity index (χ0n) is 15.6. The molecule has 1 N–H and O–H groups in total. The van der Waals surface area contributed by atoms with Crippen molar-refractivity contribution in [3.8, 4) is 0 Å². The van der Waals surface area contributed by atoms with Gasteiger partial charge in [-0.05, 0) is 90.6 Å². The number of hydrogen-bond donors (Lipinski definition) is 1. The highest BCUT2D eigenvalue weighted by molar-refractivity contribution is 5.78. The van der Waals surface area contributed by atoms with Crippen molar-refractivity contribution in [2.24, 2.45) is 11.3 Å². The number of nitrogens with one attached hydrogen (secondary N) is 1. The van der Waals surface area contributed by atoms with Gasteiger partial charge in [-0.2, -0.15) is 0 Å². The van der Waals surface area contributed by atoms with Crippen LogP contribution in [0.3, 0.4) is 0 Å². The summed E-state index contributed by atoms with van der Waals surface area (Å²) in [6.07, 6.45) is 8.24. The Morgan fingerprint density at radius 2 is 1.91 bits per heavy atom. The van der Waals surface area contributed by atoms with Gasteiger partial charge in [-0.15, -0.1) is 0 Å². The van der Waals surface area contributed by atoms with E-state index < -0.39 is 0 Å². The standard InChI is InChI=1S/C19H36N2O2/c1-15(2)20-18(22)14-21-10-8-19(9-11-21)7-5-17(13-19)6-12-23-16(3)4/h15-17H,5-14H2,1-4H3,(H,20,22)/t17-/m0/s1. The number of piperidine rings is 1. The minimum absolute atomic E-state index is 0.172. The van der Waals surface area contributed by atoms with Crippen molar-refractivity contribution >= 4 is 5.91 Å². The molecule has 1 heterocycles. The van der Waals surface area contributed by atoms with E-state index in [4.69, 9.17) is 4.74 Å². The molecule has 134 valence electrons. The highest BCUT2D eigenvalue weighted by Crippen LogP contribution is 2.49. The van der Waals surface area contributed by atoms with Crippen LogP contribution in [0.15, 0.2) is 0 Å². The molecule has 0 bridgehead atoms. The summed E-state index contributed by atoms with van der Waals surface area (Å²) in [6, 6.07) is 0.238. The van der Waals surface area contributed by atoms with Crippen molar-refractivity contribution < 1.29 is 9.53 Å². The maximum absolute atomic E-state index is 11.9. The Bertz CT molecular complexity index is 374. The second-order valence-corrected chi connectivity index (χ2v) is 8.32. The minimum Gasteiger partial charge on any atom is -0.379 e. The lowest BCUT2D eigenvalue weighted by atomic mass is 9.76. The predicted molar refractivity (Wildman–Crippen MR) is 94.4 cm³/mol. The van der Waals surface area contributed by atoms with Crippen LogP contribution in [0.2, 0.25) is 0 Å². The first-order chi connectivity index (χ1) is 10.9. The Labute approximate surface area is 142 Å². The van der Waals surface area contributed by atoms with Crippen molar-refractivity contribution in [1.29, 1.82) is 0 Å². The van der Waals surface area contributed by atoms with Crippen molar-refractivity contribution in [3.05, 3.63) is 0 Å². The molecule has 4 heteroatoms. The number of carbonyl (C=O) groups is 1. The third-order valence-corrected chi connectivity index (χ3v) is 5.52. The lowest BCUT2D eigenvalue weighted by Crippen LogP contribution is -2.45. The fraction of sp³-hybridized carbons (Fsp3) is 0.947. The van der Waals surface area contributed by atoms with E-state index >= 15 is 0 Å².